The number of rotatable bonds is 6. The van der Waals surface area contributed by atoms with Gasteiger partial charge in [0.05, 0.1) is 6.61 Å². The first-order chi connectivity index (χ1) is 8.63. The molecule has 0 radical (unpaired) electrons. The molecule has 1 aromatic rings. The normalized spacial score (nSPS) is 10.8. The molecule has 0 saturated carbocycles. The van der Waals surface area contributed by atoms with E-state index in [0.717, 1.165) is 18.2 Å². The maximum atomic E-state index is 13.2. The highest BCUT2D eigenvalue weighted by Gasteiger charge is 2.02. The second kappa shape index (κ2) is 7.55. The molecule has 0 aromatic heterocycles. The molecule has 5 heteroatoms. The van der Waals surface area contributed by atoms with E-state index in [1.807, 2.05) is 0 Å². The SMILES string of the molecule is CCOC(=O)/C=C/CNCc1cc(F)ccc1F. The molecule has 0 saturated heterocycles. The Hall–Kier alpha value is -1.75. The molecule has 3 nitrogen and oxygen atoms in total. The van der Waals surface area contributed by atoms with Crippen molar-refractivity contribution < 1.29 is 18.3 Å². The van der Waals surface area contributed by atoms with Gasteiger partial charge in [-0.15, -0.1) is 0 Å². The number of esters is 1. The third-order valence-corrected chi connectivity index (χ3v) is 2.13. The smallest absolute Gasteiger partial charge is 0.330 e. The largest absolute Gasteiger partial charge is 0.463 e. The molecule has 1 aromatic carbocycles. The molecule has 0 bridgehead atoms. The molecule has 1 rings (SSSR count). The first kappa shape index (κ1) is 14.3. The predicted octanol–water partition coefficient (Wildman–Crippen LogP) is 2.17. The highest BCUT2D eigenvalue weighted by atomic mass is 19.1. The van der Waals surface area contributed by atoms with E-state index in [-0.39, 0.29) is 12.1 Å². The molecule has 18 heavy (non-hydrogen) atoms. The molecular formula is C13H15F2NO2. The molecule has 98 valence electrons. The van der Waals surface area contributed by atoms with Crippen molar-refractivity contribution in [3.8, 4) is 0 Å². The lowest BCUT2D eigenvalue weighted by Crippen LogP contribution is -2.14. The average molecular weight is 255 g/mol. The number of ether oxygens (including phenoxy) is 1. The number of carbonyl (C=O) groups excluding carboxylic acids is 1. The van der Waals surface area contributed by atoms with Gasteiger partial charge in [-0.05, 0) is 25.1 Å². The van der Waals surface area contributed by atoms with Gasteiger partial charge < -0.3 is 10.1 Å². The van der Waals surface area contributed by atoms with Gasteiger partial charge in [0.15, 0.2) is 0 Å². The standard InChI is InChI=1S/C13H15F2NO2/c1-2-18-13(17)4-3-7-16-9-10-8-11(14)5-6-12(10)15/h3-6,8,16H,2,7,9H2,1H3/b4-3+. The second-order valence-corrected chi connectivity index (χ2v) is 3.52. The summed E-state index contributed by atoms with van der Waals surface area (Å²) in [4.78, 5) is 10.9. The molecule has 0 aliphatic carbocycles. The second-order valence-electron chi connectivity index (χ2n) is 3.52. The first-order valence-corrected chi connectivity index (χ1v) is 5.61. The van der Waals surface area contributed by atoms with Crippen LogP contribution in [0.1, 0.15) is 12.5 Å². The summed E-state index contributed by atoms with van der Waals surface area (Å²) in [5.41, 5.74) is 0.250. The van der Waals surface area contributed by atoms with Crippen molar-refractivity contribution in [1.82, 2.24) is 5.32 Å². The maximum absolute atomic E-state index is 13.2. The fraction of sp³-hybridized carbons (Fsp3) is 0.308. The average Bonchev–Trinajstić information content (AvgIpc) is 2.33. The van der Waals surface area contributed by atoms with E-state index in [1.165, 1.54) is 6.08 Å². The molecule has 0 spiro atoms. The van der Waals surface area contributed by atoms with E-state index in [2.05, 4.69) is 10.1 Å². The maximum Gasteiger partial charge on any atom is 0.330 e. The quantitative estimate of drug-likeness (QED) is 0.481. The summed E-state index contributed by atoms with van der Waals surface area (Å²) in [5, 5.41) is 2.87. The number of hydrogen-bond acceptors (Lipinski definition) is 3. The lowest BCUT2D eigenvalue weighted by atomic mass is 10.2. The van der Waals surface area contributed by atoms with Gasteiger partial charge in [-0.2, -0.15) is 0 Å². The van der Waals surface area contributed by atoms with Crippen LogP contribution >= 0.6 is 0 Å². The van der Waals surface area contributed by atoms with Crippen molar-refractivity contribution in [3.05, 3.63) is 47.5 Å². The molecule has 0 heterocycles. The summed E-state index contributed by atoms with van der Waals surface area (Å²) < 4.78 is 30.7. The van der Waals surface area contributed by atoms with E-state index in [1.54, 1.807) is 13.0 Å². The monoisotopic (exact) mass is 255 g/mol. The fourth-order valence-corrected chi connectivity index (χ4v) is 1.31. The van der Waals surface area contributed by atoms with Gasteiger partial charge in [-0.25, -0.2) is 13.6 Å². The summed E-state index contributed by atoms with van der Waals surface area (Å²) in [5.74, 6) is -1.36. The van der Waals surface area contributed by atoms with Crippen LogP contribution < -0.4 is 5.32 Å². The van der Waals surface area contributed by atoms with Crippen LogP contribution in [-0.2, 0) is 16.1 Å². The van der Waals surface area contributed by atoms with Gasteiger partial charge in [0.2, 0.25) is 0 Å². The Morgan fingerprint density at radius 1 is 1.44 bits per heavy atom. The molecule has 0 atom stereocenters. The third kappa shape index (κ3) is 5.05. The van der Waals surface area contributed by atoms with Crippen LogP contribution in [0.15, 0.2) is 30.4 Å². The number of halogens is 2. The molecule has 0 aliphatic heterocycles. The van der Waals surface area contributed by atoms with Crippen LogP contribution in [0.5, 0.6) is 0 Å². The predicted molar refractivity (Wildman–Crippen MR) is 63.8 cm³/mol. The Balaban J connectivity index is 2.33. The lowest BCUT2D eigenvalue weighted by molar-refractivity contribution is -0.137. The van der Waals surface area contributed by atoms with E-state index in [9.17, 15) is 13.6 Å². The summed E-state index contributed by atoms with van der Waals surface area (Å²) in [6.07, 6.45) is 2.85. The summed E-state index contributed by atoms with van der Waals surface area (Å²) >= 11 is 0. The van der Waals surface area contributed by atoms with Crippen LogP contribution in [0.4, 0.5) is 8.78 Å². The Labute approximate surface area is 104 Å². The molecular weight excluding hydrogens is 240 g/mol. The number of hydrogen-bond donors (Lipinski definition) is 1. The Morgan fingerprint density at radius 2 is 2.22 bits per heavy atom. The van der Waals surface area contributed by atoms with Crippen LogP contribution in [0.3, 0.4) is 0 Å². The van der Waals surface area contributed by atoms with Gasteiger partial charge in [0.25, 0.3) is 0 Å². The fourth-order valence-electron chi connectivity index (χ4n) is 1.31. The van der Waals surface area contributed by atoms with Crippen molar-refractivity contribution in [1.29, 1.82) is 0 Å². The zero-order valence-corrected chi connectivity index (χ0v) is 10.1. The summed E-state index contributed by atoms with van der Waals surface area (Å²) in [7, 11) is 0. The topological polar surface area (TPSA) is 38.3 Å². The molecule has 0 amide bonds. The van der Waals surface area contributed by atoms with Gasteiger partial charge in [0.1, 0.15) is 11.6 Å². The zero-order valence-electron chi connectivity index (χ0n) is 10.1. The minimum absolute atomic E-state index is 0.191. The van der Waals surface area contributed by atoms with E-state index >= 15 is 0 Å². The third-order valence-electron chi connectivity index (χ3n) is 2.13. The minimum atomic E-state index is -0.477. The van der Waals surface area contributed by atoms with Gasteiger partial charge in [-0.3, -0.25) is 0 Å². The number of carbonyl (C=O) groups is 1. The summed E-state index contributed by atoms with van der Waals surface area (Å²) in [6, 6.07) is 3.29. The molecule has 0 unspecified atom stereocenters. The van der Waals surface area contributed by atoms with Gasteiger partial charge >= 0.3 is 5.97 Å². The van der Waals surface area contributed by atoms with Crippen molar-refractivity contribution in [2.45, 2.75) is 13.5 Å². The number of benzene rings is 1. The highest BCUT2D eigenvalue weighted by molar-refractivity contribution is 5.81. The summed E-state index contributed by atoms with van der Waals surface area (Å²) in [6.45, 7) is 2.60. The van der Waals surface area contributed by atoms with Gasteiger partial charge in [0, 0.05) is 24.7 Å². The minimum Gasteiger partial charge on any atom is -0.463 e. The van der Waals surface area contributed by atoms with Crippen LogP contribution in [0.25, 0.3) is 0 Å². The Bertz CT molecular complexity index is 433. The molecule has 1 N–H and O–H groups in total. The van der Waals surface area contributed by atoms with Crippen LogP contribution in [-0.4, -0.2) is 19.1 Å². The van der Waals surface area contributed by atoms with Crippen LogP contribution in [0, 0.1) is 11.6 Å². The lowest BCUT2D eigenvalue weighted by Gasteiger charge is -2.03. The van der Waals surface area contributed by atoms with E-state index in [4.69, 9.17) is 0 Å². The van der Waals surface area contributed by atoms with Crippen molar-refractivity contribution in [2.75, 3.05) is 13.2 Å². The van der Waals surface area contributed by atoms with Gasteiger partial charge in [-0.1, -0.05) is 6.08 Å². The van der Waals surface area contributed by atoms with Crippen molar-refractivity contribution >= 4 is 5.97 Å². The Morgan fingerprint density at radius 3 is 2.94 bits per heavy atom. The molecule has 0 aliphatic rings. The van der Waals surface area contributed by atoms with Crippen LogP contribution in [0.2, 0.25) is 0 Å². The number of nitrogens with one attached hydrogen (secondary N) is 1. The van der Waals surface area contributed by atoms with Crippen molar-refractivity contribution in [3.63, 3.8) is 0 Å². The zero-order chi connectivity index (χ0) is 13.4. The first-order valence-electron chi connectivity index (χ1n) is 5.61. The highest BCUT2D eigenvalue weighted by Crippen LogP contribution is 2.08. The van der Waals surface area contributed by atoms with E-state index < -0.39 is 17.6 Å². The van der Waals surface area contributed by atoms with E-state index in [0.29, 0.717) is 13.2 Å². The molecule has 0 fully saturated rings. The van der Waals surface area contributed by atoms with Crippen molar-refractivity contribution in [2.24, 2.45) is 0 Å². The Kier molecular flexibility index (Phi) is 6.00.